The van der Waals surface area contributed by atoms with E-state index in [0.717, 1.165) is 12.1 Å². The molecule has 0 saturated heterocycles. The summed E-state index contributed by atoms with van der Waals surface area (Å²) in [6.07, 6.45) is -1.57. The standard InChI is InChI=1S/C21H17F3N4O4/c22-21(23,24)32-15-5-3-14(4-6-15)27-20(31)16-2-1-8-25-17(16)10-13-7-9-26-18(11-13)28-19(30)12-29/h1-9,11,29H,10,12H2,(H,27,31)(H,26,28,30). The van der Waals surface area contributed by atoms with Crippen LogP contribution in [0.1, 0.15) is 21.6 Å². The van der Waals surface area contributed by atoms with E-state index >= 15 is 0 Å². The molecule has 0 atom stereocenters. The molecule has 0 bridgehead atoms. The van der Waals surface area contributed by atoms with Gasteiger partial charge in [0.15, 0.2) is 0 Å². The van der Waals surface area contributed by atoms with E-state index in [4.69, 9.17) is 5.11 Å². The van der Waals surface area contributed by atoms with Crippen molar-refractivity contribution in [1.82, 2.24) is 9.97 Å². The highest BCUT2D eigenvalue weighted by Gasteiger charge is 2.31. The zero-order valence-electron chi connectivity index (χ0n) is 16.4. The van der Waals surface area contributed by atoms with Gasteiger partial charge in [-0.05, 0) is 54.1 Å². The van der Waals surface area contributed by atoms with Gasteiger partial charge in [0.25, 0.3) is 11.8 Å². The van der Waals surface area contributed by atoms with Crippen molar-refractivity contribution in [2.75, 3.05) is 17.2 Å². The number of rotatable bonds is 7. The summed E-state index contributed by atoms with van der Waals surface area (Å²) in [6.45, 7) is -0.681. The van der Waals surface area contributed by atoms with Gasteiger partial charge in [-0.15, -0.1) is 13.2 Å². The lowest BCUT2D eigenvalue weighted by Crippen LogP contribution is -2.17. The summed E-state index contributed by atoms with van der Waals surface area (Å²) in [5.41, 5.74) is 1.68. The van der Waals surface area contributed by atoms with E-state index in [1.54, 1.807) is 24.3 Å². The quantitative estimate of drug-likeness (QED) is 0.514. The van der Waals surface area contributed by atoms with Crippen LogP contribution in [0.5, 0.6) is 5.75 Å². The second kappa shape index (κ2) is 9.88. The van der Waals surface area contributed by atoms with Gasteiger partial charge >= 0.3 is 6.36 Å². The molecule has 2 amide bonds. The van der Waals surface area contributed by atoms with Crippen molar-refractivity contribution in [3.63, 3.8) is 0 Å². The van der Waals surface area contributed by atoms with E-state index in [1.807, 2.05) is 0 Å². The van der Waals surface area contributed by atoms with E-state index in [2.05, 4.69) is 25.3 Å². The van der Waals surface area contributed by atoms with Gasteiger partial charge < -0.3 is 20.5 Å². The monoisotopic (exact) mass is 446 g/mol. The number of aliphatic hydroxyl groups excluding tert-OH is 1. The summed E-state index contributed by atoms with van der Waals surface area (Å²) in [4.78, 5) is 32.3. The van der Waals surface area contributed by atoms with Crippen molar-refractivity contribution < 1.29 is 32.6 Å². The molecule has 166 valence electrons. The number of hydrogen-bond donors (Lipinski definition) is 3. The number of nitrogens with one attached hydrogen (secondary N) is 2. The first-order valence-corrected chi connectivity index (χ1v) is 9.20. The van der Waals surface area contributed by atoms with Gasteiger partial charge in [-0.3, -0.25) is 14.6 Å². The van der Waals surface area contributed by atoms with Crippen LogP contribution < -0.4 is 15.4 Å². The second-order valence-electron chi connectivity index (χ2n) is 6.46. The summed E-state index contributed by atoms with van der Waals surface area (Å²) in [7, 11) is 0. The van der Waals surface area contributed by atoms with Crippen LogP contribution in [-0.2, 0) is 11.2 Å². The molecule has 3 rings (SSSR count). The lowest BCUT2D eigenvalue weighted by Gasteiger charge is -2.12. The van der Waals surface area contributed by atoms with Crippen molar-refractivity contribution in [2.45, 2.75) is 12.8 Å². The van der Waals surface area contributed by atoms with Gasteiger partial charge in [0.05, 0.1) is 11.3 Å². The van der Waals surface area contributed by atoms with Crippen LogP contribution in [0.25, 0.3) is 0 Å². The number of halogens is 3. The third kappa shape index (κ3) is 6.51. The molecule has 3 aromatic rings. The Kier molecular flexibility index (Phi) is 7.00. The minimum Gasteiger partial charge on any atom is -0.406 e. The Bertz CT molecular complexity index is 1100. The van der Waals surface area contributed by atoms with Crippen LogP contribution in [0.4, 0.5) is 24.7 Å². The first-order chi connectivity index (χ1) is 15.2. The molecule has 0 fully saturated rings. The highest BCUT2D eigenvalue weighted by atomic mass is 19.4. The second-order valence-corrected chi connectivity index (χ2v) is 6.46. The molecule has 8 nitrogen and oxygen atoms in total. The average molecular weight is 446 g/mol. The maximum absolute atomic E-state index is 12.7. The first-order valence-electron chi connectivity index (χ1n) is 9.20. The van der Waals surface area contributed by atoms with Gasteiger partial charge in [-0.2, -0.15) is 0 Å². The molecule has 0 aliphatic carbocycles. The fourth-order valence-corrected chi connectivity index (χ4v) is 2.75. The summed E-state index contributed by atoms with van der Waals surface area (Å²) in [5, 5.41) is 13.9. The molecule has 0 aliphatic heterocycles. The lowest BCUT2D eigenvalue weighted by molar-refractivity contribution is -0.274. The molecule has 1 aromatic carbocycles. The SMILES string of the molecule is O=C(CO)Nc1cc(Cc2ncccc2C(=O)Nc2ccc(OC(F)(F)F)cc2)ccn1. The summed E-state index contributed by atoms with van der Waals surface area (Å²) in [6, 6.07) is 11.2. The first kappa shape index (κ1) is 22.7. The van der Waals surface area contributed by atoms with E-state index in [1.165, 1.54) is 24.5 Å². The van der Waals surface area contributed by atoms with E-state index in [-0.39, 0.29) is 23.5 Å². The van der Waals surface area contributed by atoms with E-state index in [0.29, 0.717) is 11.3 Å². The molecule has 0 aliphatic rings. The number of carbonyl (C=O) groups is 2. The highest BCUT2D eigenvalue weighted by molar-refractivity contribution is 6.05. The Morgan fingerprint density at radius 3 is 2.44 bits per heavy atom. The number of aromatic nitrogens is 2. The number of pyridine rings is 2. The third-order valence-corrected chi connectivity index (χ3v) is 4.09. The van der Waals surface area contributed by atoms with Crippen molar-refractivity contribution in [1.29, 1.82) is 0 Å². The Morgan fingerprint density at radius 1 is 1.00 bits per heavy atom. The van der Waals surface area contributed by atoms with Crippen LogP contribution in [0.15, 0.2) is 60.9 Å². The number of hydrogen-bond acceptors (Lipinski definition) is 6. The number of ether oxygens (including phenoxy) is 1. The van der Waals surface area contributed by atoms with Gasteiger partial charge in [-0.25, -0.2) is 4.98 Å². The normalized spacial score (nSPS) is 11.0. The van der Waals surface area contributed by atoms with Crippen LogP contribution >= 0.6 is 0 Å². The molecular formula is C21H17F3N4O4. The smallest absolute Gasteiger partial charge is 0.406 e. The molecular weight excluding hydrogens is 429 g/mol. The van der Waals surface area contributed by atoms with Crippen molar-refractivity contribution in [3.05, 3.63) is 77.7 Å². The number of benzene rings is 1. The highest BCUT2D eigenvalue weighted by Crippen LogP contribution is 2.24. The molecule has 2 heterocycles. The average Bonchev–Trinajstić information content (AvgIpc) is 2.74. The maximum atomic E-state index is 12.7. The zero-order valence-corrected chi connectivity index (χ0v) is 16.4. The van der Waals surface area contributed by atoms with Crippen LogP contribution in [-0.4, -0.2) is 39.9 Å². The molecule has 0 unspecified atom stereocenters. The minimum atomic E-state index is -4.80. The number of carbonyl (C=O) groups excluding carboxylic acids is 2. The third-order valence-electron chi connectivity index (χ3n) is 4.09. The molecule has 11 heteroatoms. The Labute approximate surface area is 180 Å². The van der Waals surface area contributed by atoms with Crippen LogP contribution in [0, 0.1) is 0 Å². The molecule has 0 saturated carbocycles. The molecule has 0 spiro atoms. The van der Waals surface area contributed by atoms with Crippen molar-refractivity contribution in [3.8, 4) is 5.75 Å². The Balaban J connectivity index is 1.73. The Morgan fingerprint density at radius 2 is 1.75 bits per heavy atom. The molecule has 0 radical (unpaired) electrons. The van der Waals surface area contributed by atoms with Crippen LogP contribution in [0.3, 0.4) is 0 Å². The number of anilines is 2. The van der Waals surface area contributed by atoms with Gasteiger partial charge in [-0.1, -0.05) is 0 Å². The predicted octanol–water partition coefficient (Wildman–Crippen LogP) is 3.15. The minimum absolute atomic E-state index is 0.240. The van der Waals surface area contributed by atoms with Gasteiger partial charge in [0.2, 0.25) is 0 Å². The summed E-state index contributed by atoms with van der Waals surface area (Å²) < 4.78 is 40.6. The number of aliphatic hydroxyl groups is 1. The largest absolute Gasteiger partial charge is 0.573 e. The molecule has 2 aromatic heterocycles. The fourth-order valence-electron chi connectivity index (χ4n) is 2.75. The van der Waals surface area contributed by atoms with Crippen LogP contribution in [0.2, 0.25) is 0 Å². The summed E-state index contributed by atoms with van der Waals surface area (Å²) in [5.74, 6) is -1.27. The fraction of sp³-hybridized carbons (Fsp3) is 0.143. The van der Waals surface area contributed by atoms with Crippen molar-refractivity contribution in [2.24, 2.45) is 0 Å². The van der Waals surface area contributed by atoms with E-state index in [9.17, 15) is 22.8 Å². The number of alkyl halides is 3. The number of amides is 2. The van der Waals surface area contributed by atoms with E-state index < -0.39 is 30.5 Å². The molecule has 3 N–H and O–H groups in total. The lowest BCUT2D eigenvalue weighted by atomic mass is 10.1. The van der Waals surface area contributed by atoms with Gasteiger partial charge in [0, 0.05) is 24.5 Å². The predicted molar refractivity (Wildman–Crippen MR) is 108 cm³/mol. The van der Waals surface area contributed by atoms with Crippen molar-refractivity contribution >= 4 is 23.3 Å². The maximum Gasteiger partial charge on any atom is 0.573 e. The zero-order chi connectivity index (χ0) is 23.1. The topological polar surface area (TPSA) is 113 Å². The summed E-state index contributed by atoms with van der Waals surface area (Å²) >= 11 is 0. The number of nitrogens with zero attached hydrogens (tertiary/aromatic N) is 2. The Hall–Kier alpha value is -3.99. The van der Waals surface area contributed by atoms with Gasteiger partial charge in [0.1, 0.15) is 18.2 Å². The molecule has 32 heavy (non-hydrogen) atoms.